The Kier molecular flexibility index (Phi) is 2.71. The van der Waals surface area contributed by atoms with Crippen LogP contribution in [0.1, 0.15) is 13.8 Å². The highest BCUT2D eigenvalue weighted by Gasteiger charge is 1.87. The molecule has 0 aliphatic carbocycles. The van der Waals surface area contributed by atoms with E-state index in [2.05, 4.69) is 5.92 Å². The maximum atomic E-state index is 9.62. The molecule has 0 spiro atoms. The van der Waals surface area contributed by atoms with Gasteiger partial charge in [0.15, 0.2) is 0 Å². The molecule has 0 amide bonds. The Hall–Kier alpha value is -0.970. The average molecular weight is 111 g/mol. The van der Waals surface area contributed by atoms with E-state index in [0.29, 0.717) is 0 Å². The first-order valence-electron chi connectivity index (χ1n) is 2.35. The summed E-state index contributed by atoms with van der Waals surface area (Å²) in [5.41, 5.74) is 0. The van der Waals surface area contributed by atoms with Crippen molar-refractivity contribution in [3.8, 4) is 11.8 Å². The molecule has 0 fully saturated rings. The zero-order chi connectivity index (χ0) is 6.57. The fourth-order valence-electron chi connectivity index (χ4n) is 0.203. The summed E-state index contributed by atoms with van der Waals surface area (Å²) < 4.78 is 0. The van der Waals surface area contributed by atoms with Crippen LogP contribution in [0.4, 0.5) is 0 Å². The second-order valence-electron chi connectivity index (χ2n) is 1.71. The van der Waals surface area contributed by atoms with Gasteiger partial charge in [0.05, 0.1) is 0 Å². The van der Waals surface area contributed by atoms with Crippen molar-refractivity contribution >= 4 is 5.97 Å². The second kappa shape index (κ2) is 3.09. The molecule has 0 N–H and O–H groups in total. The van der Waals surface area contributed by atoms with Crippen LogP contribution in [0, 0.1) is 17.8 Å². The average Bonchev–Trinajstić information content (AvgIpc) is 1.61. The molecule has 43 valence electrons. The van der Waals surface area contributed by atoms with E-state index < -0.39 is 5.97 Å². The molecule has 0 aromatic carbocycles. The third kappa shape index (κ3) is 5.03. The Labute approximate surface area is 48.5 Å². The van der Waals surface area contributed by atoms with E-state index in [1.54, 1.807) is 0 Å². The van der Waals surface area contributed by atoms with Crippen molar-refractivity contribution in [3.05, 3.63) is 0 Å². The molecule has 0 bridgehead atoms. The standard InChI is InChI=1S/C6H7O2/c1-5(2)3-4-6(7)8/h5H,1-2H3. The summed E-state index contributed by atoms with van der Waals surface area (Å²) in [5, 5.41) is 9.62. The van der Waals surface area contributed by atoms with Crippen molar-refractivity contribution < 1.29 is 9.90 Å². The molecule has 1 radical (unpaired) electrons. The molecule has 0 rings (SSSR count). The van der Waals surface area contributed by atoms with E-state index in [0.717, 1.165) is 0 Å². The van der Waals surface area contributed by atoms with Gasteiger partial charge in [0, 0.05) is 11.8 Å². The summed E-state index contributed by atoms with van der Waals surface area (Å²) in [7, 11) is 0. The summed E-state index contributed by atoms with van der Waals surface area (Å²) in [4.78, 5) is 9.62. The first-order chi connectivity index (χ1) is 3.63. The number of carbonyl (C=O) groups is 1. The summed E-state index contributed by atoms with van der Waals surface area (Å²) >= 11 is 0. The molecule has 0 aromatic heterocycles. The van der Waals surface area contributed by atoms with Crippen LogP contribution in [0.25, 0.3) is 0 Å². The second-order valence-corrected chi connectivity index (χ2v) is 1.71. The molecule has 0 aliphatic heterocycles. The topological polar surface area (TPSA) is 37.0 Å². The van der Waals surface area contributed by atoms with E-state index >= 15 is 0 Å². The highest BCUT2D eigenvalue weighted by atomic mass is 16.4. The van der Waals surface area contributed by atoms with Crippen LogP contribution >= 0.6 is 0 Å². The van der Waals surface area contributed by atoms with Gasteiger partial charge in [0.2, 0.25) is 0 Å². The Morgan fingerprint density at radius 3 is 2.12 bits per heavy atom. The van der Waals surface area contributed by atoms with E-state index in [4.69, 9.17) is 0 Å². The van der Waals surface area contributed by atoms with Crippen molar-refractivity contribution in [3.63, 3.8) is 0 Å². The van der Waals surface area contributed by atoms with Gasteiger partial charge in [-0.3, -0.25) is 0 Å². The van der Waals surface area contributed by atoms with Crippen LogP contribution in [-0.2, 0) is 9.90 Å². The molecular weight excluding hydrogens is 104 g/mol. The van der Waals surface area contributed by atoms with Gasteiger partial charge in [0.1, 0.15) is 0 Å². The minimum atomic E-state index is -1.31. The number of hydrogen-bond donors (Lipinski definition) is 0. The highest BCUT2D eigenvalue weighted by molar-refractivity contribution is 5.86. The van der Waals surface area contributed by atoms with Gasteiger partial charge in [-0.1, -0.05) is 19.8 Å². The van der Waals surface area contributed by atoms with E-state index in [9.17, 15) is 9.90 Å². The Bertz CT molecular complexity index is 136. The number of carbonyl (C=O) groups excluding carboxylic acids is 1. The summed E-state index contributed by atoms with van der Waals surface area (Å²) in [5.74, 6) is 3.13. The minimum absolute atomic E-state index is 0.105. The molecule has 0 heterocycles. The predicted octanol–water partition coefficient (Wildman–Crippen LogP) is 0.603. The van der Waals surface area contributed by atoms with Crippen molar-refractivity contribution in [2.75, 3.05) is 0 Å². The number of hydrogen-bond acceptors (Lipinski definition) is 1. The van der Waals surface area contributed by atoms with E-state index in [1.165, 1.54) is 0 Å². The van der Waals surface area contributed by atoms with Crippen molar-refractivity contribution in [2.45, 2.75) is 13.8 Å². The minimum Gasteiger partial charge on any atom is -0.231 e. The van der Waals surface area contributed by atoms with Crippen LogP contribution in [0.5, 0.6) is 0 Å². The van der Waals surface area contributed by atoms with Gasteiger partial charge in [-0.15, -0.1) is 0 Å². The van der Waals surface area contributed by atoms with Gasteiger partial charge in [-0.2, -0.15) is 0 Å². The normalized spacial score (nSPS) is 7.88. The van der Waals surface area contributed by atoms with Crippen LogP contribution in [0.3, 0.4) is 0 Å². The third-order valence-electron chi connectivity index (χ3n) is 0.463. The molecule has 2 heteroatoms. The molecule has 0 saturated heterocycles. The van der Waals surface area contributed by atoms with Crippen molar-refractivity contribution in [2.24, 2.45) is 5.92 Å². The first kappa shape index (κ1) is 7.03. The van der Waals surface area contributed by atoms with Gasteiger partial charge in [0.25, 0.3) is 0 Å². The lowest BCUT2D eigenvalue weighted by atomic mass is 10.2. The molecule has 0 saturated carbocycles. The molecule has 2 nitrogen and oxygen atoms in total. The van der Waals surface area contributed by atoms with Crippen LogP contribution in [0.2, 0.25) is 0 Å². The fourth-order valence-corrected chi connectivity index (χ4v) is 0.203. The van der Waals surface area contributed by atoms with E-state index in [1.807, 2.05) is 19.8 Å². The quantitative estimate of drug-likeness (QED) is 0.422. The van der Waals surface area contributed by atoms with Crippen LogP contribution < -0.4 is 0 Å². The molecule has 0 unspecified atom stereocenters. The lowest BCUT2D eigenvalue weighted by molar-refractivity contribution is -0.136. The highest BCUT2D eigenvalue weighted by Crippen LogP contribution is 1.84. The third-order valence-corrected chi connectivity index (χ3v) is 0.463. The molecule has 0 atom stereocenters. The maximum Gasteiger partial charge on any atom is 0.429 e. The Morgan fingerprint density at radius 1 is 1.50 bits per heavy atom. The monoisotopic (exact) mass is 111 g/mol. The van der Waals surface area contributed by atoms with Crippen molar-refractivity contribution in [1.82, 2.24) is 0 Å². The molecular formula is C6H7O2. The van der Waals surface area contributed by atoms with Gasteiger partial charge < -0.3 is 0 Å². The first-order valence-corrected chi connectivity index (χ1v) is 2.35. The SMILES string of the molecule is CC(C)C#CC([O])=O. The van der Waals surface area contributed by atoms with Gasteiger partial charge in [-0.25, -0.2) is 9.90 Å². The predicted molar refractivity (Wildman–Crippen MR) is 28.3 cm³/mol. The largest absolute Gasteiger partial charge is 0.429 e. The Morgan fingerprint density at radius 2 is 2.00 bits per heavy atom. The van der Waals surface area contributed by atoms with Crippen LogP contribution in [0.15, 0.2) is 0 Å². The molecule has 0 aliphatic rings. The molecule has 8 heavy (non-hydrogen) atoms. The summed E-state index contributed by atoms with van der Waals surface area (Å²) in [6.07, 6.45) is 0. The lowest BCUT2D eigenvalue weighted by Crippen LogP contribution is -1.86. The smallest absolute Gasteiger partial charge is 0.231 e. The van der Waals surface area contributed by atoms with Gasteiger partial charge >= 0.3 is 5.97 Å². The Balaban J connectivity index is 3.68. The summed E-state index contributed by atoms with van der Waals surface area (Å²) in [6.45, 7) is 3.63. The maximum absolute atomic E-state index is 9.62. The zero-order valence-corrected chi connectivity index (χ0v) is 4.89. The van der Waals surface area contributed by atoms with Crippen molar-refractivity contribution in [1.29, 1.82) is 0 Å². The molecule has 0 aromatic rings. The zero-order valence-electron chi connectivity index (χ0n) is 4.89. The van der Waals surface area contributed by atoms with Gasteiger partial charge in [-0.05, 0) is 0 Å². The van der Waals surface area contributed by atoms with E-state index in [-0.39, 0.29) is 5.92 Å². The fraction of sp³-hybridized carbons (Fsp3) is 0.500. The summed E-state index contributed by atoms with van der Waals surface area (Å²) in [6, 6.07) is 0. The number of rotatable bonds is 0. The van der Waals surface area contributed by atoms with Crippen LogP contribution in [-0.4, -0.2) is 5.97 Å². The lowest BCUT2D eigenvalue weighted by Gasteiger charge is -1.82.